The maximum absolute atomic E-state index is 12.6. The number of amides is 1. The summed E-state index contributed by atoms with van der Waals surface area (Å²) in [5.74, 6) is 0. The van der Waals surface area contributed by atoms with Gasteiger partial charge in [0.1, 0.15) is 5.60 Å². The average molecular weight is 311 g/mol. The third kappa shape index (κ3) is 3.49. The van der Waals surface area contributed by atoms with Crippen molar-refractivity contribution < 1.29 is 9.53 Å². The van der Waals surface area contributed by atoms with E-state index in [9.17, 15) is 4.79 Å². The molecule has 3 rings (SSSR count). The van der Waals surface area contributed by atoms with Crippen LogP contribution in [0.15, 0.2) is 42.5 Å². The molecule has 0 radical (unpaired) electrons. The second kappa shape index (κ2) is 6.23. The molecule has 3 heteroatoms. The predicted molar refractivity (Wildman–Crippen MR) is 93.5 cm³/mol. The summed E-state index contributed by atoms with van der Waals surface area (Å²) in [6, 6.07) is 14.8. The highest BCUT2D eigenvalue weighted by Gasteiger charge is 2.32. The number of carbonyl (C=O) groups excluding carboxylic acids is 1. The van der Waals surface area contributed by atoms with Gasteiger partial charge in [-0.2, -0.15) is 0 Å². The van der Waals surface area contributed by atoms with Gasteiger partial charge >= 0.3 is 6.09 Å². The Morgan fingerprint density at radius 3 is 2.61 bits per heavy atom. The van der Waals surface area contributed by atoms with E-state index < -0.39 is 5.60 Å². The largest absolute Gasteiger partial charge is 0.444 e. The monoisotopic (exact) mass is 311 g/mol. The van der Waals surface area contributed by atoms with Gasteiger partial charge in [0.25, 0.3) is 0 Å². The Morgan fingerprint density at radius 2 is 1.83 bits per heavy atom. The first kappa shape index (κ1) is 15.9. The van der Waals surface area contributed by atoms with Gasteiger partial charge in [0.05, 0.1) is 6.04 Å². The molecule has 3 nitrogen and oxygen atoms in total. The molecule has 2 aromatic carbocycles. The molecule has 122 valence electrons. The SMILES string of the molecule is CC(C)(C)OC(=O)N1CCCCC1c1cccc2ccccc12. The van der Waals surface area contributed by atoms with Crippen LogP contribution in [0.4, 0.5) is 4.79 Å². The molecule has 1 saturated heterocycles. The molecule has 1 heterocycles. The van der Waals surface area contributed by atoms with E-state index in [1.807, 2.05) is 25.7 Å². The molecule has 1 unspecified atom stereocenters. The Kier molecular flexibility index (Phi) is 4.29. The van der Waals surface area contributed by atoms with Gasteiger partial charge in [0, 0.05) is 6.54 Å². The summed E-state index contributed by atoms with van der Waals surface area (Å²) in [6.45, 7) is 6.52. The fourth-order valence-corrected chi connectivity index (χ4v) is 3.34. The van der Waals surface area contributed by atoms with Crippen molar-refractivity contribution in [3.8, 4) is 0 Å². The topological polar surface area (TPSA) is 29.5 Å². The first-order valence-corrected chi connectivity index (χ1v) is 8.43. The molecule has 2 aromatic rings. The fourth-order valence-electron chi connectivity index (χ4n) is 3.34. The number of benzene rings is 2. The van der Waals surface area contributed by atoms with Crippen molar-refractivity contribution in [3.05, 3.63) is 48.0 Å². The Bertz CT molecular complexity index is 697. The van der Waals surface area contributed by atoms with Crippen LogP contribution >= 0.6 is 0 Å². The molecule has 23 heavy (non-hydrogen) atoms. The second-order valence-electron chi connectivity index (χ2n) is 7.25. The van der Waals surface area contributed by atoms with E-state index in [0.717, 1.165) is 25.8 Å². The van der Waals surface area contributed by atoms with Crippen LogP contribution in [0.3, 0.4) is 0 Å². The smallest absolute Gasteiger partial charge is 0.410 e. The van der Waals surface area contributed by atoms with Gasteiger partial charge in [-0.15, -0.1) is 0 Å². The maximum Gasteiger partial charge on any atom is 0.410 e. The van der Waals surface area contributed by atoms with E-state index in [2.05, 4.69) is 42.5 Å². The summed E-state index contributed by atoms with van der Waals surface area (Å²) in [5, 5.41) is 2.45. The van der Waals surface area contributed by atoms with Crippen LogP contribution in [0.25, 0.3) is 10.8 Å². The molecule has 1 aliphatic heterocycles. The molecular formula is C20H25NO2. The maximum atomic E-state index is 12.6. The molecule has 1 amide bonds. The molecule has 0 aromatic heterocycles. The standard InChI is InChI=1S/C20H25NO2/c1-20(2,3)23-19(22)21-14-7-6-13-18(21)17-12-8-10-15-9-4-5-11-16(15)17/h4-5,8-12,18H,6-7,13-14H2,1-3H3. The summed E-state index contributed by atoms with van der Waals surface area (Å²) < 4.78 is 5.63. The van der Waals surface area contributed by atoms with Gasteiger partial charge in [-0.3, -0.25) is 0 Å². The van der Waals surface area contributed by atoms with Crippen LogP contribution in [-0.4, -0.2) is 23.1 Å². The molecule has 0 saturated carbocycles. The van der Waals surface area contributed by atoms with E-state index in [1.54, 1.807) is 0 Å². The lowest BCUT2D eigenvalue weighted by Crippen LogP contribution is -2.41. The number of piperidine rings is 1. The lowest BCUT2D eigenvalue weighted by atomic mass is 9.91. The van der Waals surface area contributed by atoms with Crippen molar-refractivity contribution in [2.24, 2.45) is 0 Å². The van der Waals surface area contributed by atoms with Crippen LogP contribution in [0.2, 0.25) is 0 Å². The number of fused-ring (bicyclic) bond motifs is 1. The zero-order chi connectivity index (χ0) is 16.4. The molecule has 0 spiro atoms. The van der Waals surface area contributed by atoms with Gasteiger partial charge in [-0.25, -0.2) is 4.79 Å². The number of hydrogen-bond acceptors (Lipinski definition) is 2. The van der Waals surface area contributed by atoms with Crippen LogP contribution in [0, 0.1) is 0 Å². The number of likely N-dealkylation sites (tertiary alicyclic amines) is 1. The molecular weight excluding hydrogens is 286 g/mol. The first-order chi connectivity index (χ1) is 11.0. The Hall–Kier alpha value is -2.03. The van der Waals surface area contributed by atoms with Crippen molar-refractivity contribution in [2.75, 3.05) is 6.54 Å². The lowest BCUT2D eigenvalue weighted by molar-refractivity contribution is 0.00969. The number of ether oxygens (including phenoxy) is 1. The summed E-state index contributed by atoms with van der Waals surface area (Å²) in [6.07, 6.45) is 2.98. The lowest BCUT2D eigenvalue weighted by Gasteiger charge is -2.37. The number of carbonyl (C=O) groups is 1. The quantitative estimate of drug-likeness (QED) is 0.715. The minimum Gasteiger partial charge on any atom is -0.444 e. The zero-order valence-electron chi connectivity index (χ0n) is 14.2. The van der Waals surface area contributed by atoms with Crippen LogP contribution in [-0.2, 0) is 4.74 Å². The Labute approximate surface area is 138 Å². The highest BCUT2D eigenvalue weighted by Crippen LogP contribution is 2.35. The molecule has 1 fully saturated rings. The molecule has 0 aliphatic carbocycles. The minimum absolute atomic E-state index is 0.102. The minimum atomic E-state index is -0.460. The van der Waals surface area contributed by atoms with Crippen molar-refractivity contribution in [2.45, 2.75) is 51.7 Å². The molecule has 0 N–H and O–H groups in total. The zero-order valence-corrected chi connectivity index (χ0v) is 14.2. The normalized spacial score (nSPS) is 18.9. The highest BCUT2D eigenvalue weighted by atomic mass is 16.6. The highest BCUT2D eigenvalue weighted by molar-refractivity contribution is 5.86. The van der Waals surface area contributed by atoms with E-state index in [4.69, 9.17) is 4.74 Å². The van der Waals surface area contributed by atoms with Crippen LogP contribution < -0.4 is 0 Å². The van der Waals surface area contributed by atoms with Crippen molar-refractivity contribution in [1.29, 1.82) is 0 Å². The predicted octanol–water partition coefficient (Wildman–Crippen LogP) is 5.30. The van der Waals surface area contributed by atoms with Gasteiger partial charge in [0.2, 0.25) is 0 Å². The molecule has 1 aliphatic rings. The number of nitrogens with zero attached hydrogens (tertiary/aromatic N) is 1. The number of rotatable bonds is 1. The molecule has 0 bridgehead atoms. The van der Waals surface area contributed by atoms with Gasteiger partial charge in [-0.1, -0.05) is 42.5 Å². The summed E-state index contributed by atoms with van der Waals surface area (Å²) >= 11 is 0. The van der Waals surface area contributed by atoms with Gasteiger partial charge < -0.3 is 9.64 Å². The fraction of sp³-hybridized carbons (Fsp3) is 0.450. The third-order valence-electron chi connectivity index (χ3n) is 4.31. The summed E-state index contributed by atoms with van der Waals surface area (Å²) in [4.78, 5) is 14.6. The average Bonchev–Trinajstić information content (AvgIpc) is 2.53. The van der Waals surface area contributed by atoms with Gasteiger partial charge in [-0.05, 0) is 56.4 Å². The number of hydrogen-bond donors (Lipinski definition) is 0. The van der Waals surface area contributed by atoms with Crippen molar-refractivity contribution in [1.82, 2.24) is 4.90 Å². The third-order valence-corrected chi connectivity index (χ3v) is 4.31. The molecule has 1 atom stereocenters. The Morgan fingerprint density at radius 1 is 1.09 bits per heavy atom. The summed E-state index contributed by atoms with van der Waals surface area (Å²) in [5.41, 5.74) is 0.770. The van der Waals surface area contributed by atoms with E-state index in [1.165, 1.54) is 16.3 Å². The van der Waals surface area contributed by atoms with Gasteiger partial charge in [0.15, 0.2) is 0 Å². The van der Waals surface area contributed by atoms with E-state index >= 15 is 0 Å². The first-order valence-electron chi connectivity index (χ1n) is 8.43. The Balaban J connectivity index is 1.96. The van der Waals surface area contributed by atoms with E-state index in [-0.39, 0.29) is 12.1 Å². The van der Waals surface area contributed by atoms with Crippen LogP contribution in [0.1, 0.15) is 51.6 Å². The summed E-state index contributed by atoms with van der Waals surface area (Å²) in [7, 11) is 0. The van der Waals surface area contributed by atoms with E-state index in [0.29, 0.717) is 0 Å². The van der Waals surface area contributed by atoms with Crippen molar-refractivity contribution >= 4 is 16.9 Å². The van der Waals surface area contributed by atoms with Crippen LogP contribution in [0.5, 0.6) is 0 Å². The van der Waals surface area contributed by atoms with Crippen molar-refractivity contribution in [3.63, 3.8) is 0 Å². The second-order valence-corrected chi connectivity index (χ2v) is 7.25.